The maximum atomic E-state index is 11.9. The topological polar surface area (TPSA) is 122 Å². The second kappa shape index (κ2) is 14.8. The number of phenols is 1. The van der Waals surface area contributed by atoms with E-state index in [0.29, 0.717) is 18.0 Å². The Balaban J connectivity index is 1.63. The molecule has 0 saturated carbocycles. The van der Waals surface area contributed by atoms with Crippen LogP contribution in [0.1, 0.15) is 71.1 Å². The number of hydrogen-bond donors (Lipinski definition) is 3. The summed E-state index contributed by atoms with van der Waals surface area (Å²) >= 11 is 0. The van der Waals surface area contributed by atoms with E-state index in [1.54, 1.807) is 30.3 Å². The number of carbonyl (C=O) groups is 1. The predicted molar refractivity (Wildman–Crippen MR) is 128 cm³/mol. The molecule has 0 radical (unpaired) electrons. The van der Waals surface area contributed by atoms with Gasteiger partial charge in [0, 0.05) is 0 Å². The number of hydrogen-bond acceptors (Lipinski definition) is 7. The summed E-state index contributed by atoms with van der Waals surface area (Å²) < 4.78 is 5.21. The van der Waals surface area contributed by atoms with E-state index >= 15 is 0 Å². The summed E-state index contributed by atoms with van der Waals surface area (Å²) in [6, 6.07) is 9.73. The van der Waals surface area contributed by atoms with Gasteiger partial charge in [0.25, 0.3) is 0 Å². The summed E-state index contributed by atoms with van der Waals surface area (Å²) in [6.45, 7) is 2.61. The molecular weight excluding hydrogens is 406 g/mol. The fourth-order valence-corrected chi connectivity index (χ4v) is 3.17. The Morgan fingerprint density at radius 2 is 1.56 bits per heavy atom. The summed E-state index contributed by atoms with van der Waals surface area (Å²) in [4.78, 5) is 16.0. The molecule has 174 valence electrons. The first kappa shape index (κ1) is 25.1. The van der Waals surface area contributed by atoms with E-state index < -0.39 is 6.09 Å². The molecule has 0 spiro atoms. The van der Waals surface area contributed by atoms with Crippen molar-refractivity contribution < 1.29 is 14.6 Å². The smallest absolute Gasteiger partial charge is 0.412 e. The largest absolute Gasteiger partial charge is 0.506 e. The van der Waals surface area contributed by atoms with Crippen LogP contribution in [0.2, 0.25) is 0 Å². The van der Waals surface area contributed by atoms with Gasteiger partial charge in [-0.1, -0.05) is 76.8 Å². The molecule has 0 saturated heterocycles. The number of nitrogen functional groups attached to an aromatic ring is 1. The minimum Gasteiger partial charge on any atom is -0.506 e. The second-order valence-electron chi connectivity index (χ2n) is 7.73. The van der Waals surface area contributed by atoms with E-state index in [-0.39, 0.29) is 17.4 Å². The second-order valence-corrected chi connectivity index (χ2v) is 7.73. The number of phenolic OH excluding ortho intramolecular Hbond substituents is 1. The van der Waals surface area contributed by atoms with Crippen molar-refractivity contribution in [2.45, 2.75) is 71.1 Å². The molecule has 2 aromatic rings. The lowest BCUT2D eigenvalue weighted by molar-refractivity contribution is 0.159. The number of azo groups is 1. The quantitative estimate of drug-likeness (QED) is 0.210. The zero-order valence-electron chi connectivity index (χ0n) is 18.9. The first-order valence-corrected chi connectivity index (χ1v) is 11.5. The number of para-hydroxylation sites is 1. The van der Waals surface area contributed by atoms with E-state index in [2.05, 4.69) is 27.5 Å². The van der Waals surface area contributed by atoms with Crippen LogP contribution in [-0.2, 0) is 4.74 Å². The van der Waals surface area contributed by atoms with Crippen LogP contribution in [-0.4, -0.2) is 22.8 Å². The number of amides is 1. The van der Waals surface area contributed by atoms with Gasteiger partial charge in [-0.2, -0.15) is 0 Å². The Labute approximate surface area is 190 Å². The zero-order valence-corrected chi connectivity index (χ0v) is 18.9. The van der Waals surface area contributed by atoms with Gasteiger partial charge in [-0.25, -0.2) is 9.78 Å². The number of aromatic hydroxyl groups is 1. The molecule has 0 atom stereocenters. The van der Waals surface area contributed by atoms with Crippen LogP contribution in [0.25, 0.3) is 0 Å². The third kappa shape index (κ3) is 9.76. The number of ether oxygens (including phenoxy) is 1. The van der Waals surface area contributed by atoms with Crippen molar-refractivity contribution in [3.8, 4) is 5.75 Å². The van der Waals surface area contributed by atoms with Gasteiger partial charge in [-0.3, -0.25) is 5.32 Å². The highest BCUT2D eigenvalue weighted by molar-refractivity contribution is 5.84. The molecule has 1 amide bonds. The van der Waals surface area contributed by atoms with E-state index in [9.17, 15) is 9.90 Å². The predicted octanol–water partition coefficient (Wildman–Crippen LogP) is 7.25. The third-order valence-electron chi connectivity index (χ3n) is 5.01. The minimum absolute atomic E-state index is 0.0196. The molecule has 1 aromatic heterocycles. The van der Waals surface area contributed by atoms with E-state index in [1.165, 1.54) is 57.4 Å². The molecule has 8 nitrogen and oxygen atoms in total. The van der Waals surface area contributed by atoms with Crippen LogP contribution in [0.4, 0.5) is 27.8 Å². The number of nitrogens with zero attached hydrogens (tertiary/aromatic N) is 3. The molecule has 0 aliphatic carbocycles. The van der Waals surface area contributed by atoms with Crippen LogP contribution in [0, 0.1) is 0 Å². The average molecular weight is 442 g/mol. The Morgan fingerprint density at radius 3 is 2.22 bits per heavy atom. The lowest BCUT2D eigenvalue weighted by Crippen LogP contribution is -2.15. The Hall–Kier alpha value is -3.16. The molecule has 32 heavy (non-hydrogen) atoms. The van der Waals surface area contributed by atoms with Gasteiger partial charge in [-0.05, 0) is 30.7 Å². The number of pyridine rings is 1. The number of carbonyl (C=O) groups excluding carboxylic acids is 1. The number of benzene rings is 1. The van der Waals surface area contributed by atoms with Crippen LogP contribution in [0.5, 0.6) is 5.75 Å². The number of rotatable bonds is 14. The van der Waals surface area contributed by atoms with Crippen molar-refractivity contribution in [3.05, 3.63) is 36.4 Å². The molecule has 0 aliphatic heterocycles. The van der Waals surface area contributed by atoms with Gasteiger partial charge in [0.1, 0.15) is 22.9 Å². The van der Waals surface area contributed by atoms with Gasteiger partial charge in [0.2, 0.25) is 0 Å². The SMILES string of the molecule is CCCCCCCCCCCCOC(=O)Nc1ccc(/N=N/c2ccccc2O)c(N)n1. The fourth-order valence-electron chi connectivity index (χ4n) is 3.17. The van der Waals surface area contributed by atoms with Crippen molar-refractivity contribution in [2.75, 3.05) is 17.7 Å². The van der Waals surface area contributed by atoms with Crippen molar-refractivity contribution >= 4 is 29.1 Å². The van der Waals surface area contributed by atoms with E-state index in [4.69, 9.17) is 10.5 Å². The summed E-state index contributed by atoms with van der Waals surface area (Å²) in [5.41, 5.74) is 6.55. The van der Waals surface area contributed by atoms with Gasteiger partial charge in [0.05, 0.1) is 6.61 Å². The van der Waals surface area contributed by atoms with Crippen LogP contribution in [0.15, 0.2) is 46.6 Å². The maximum absolute atomic E-state index is 11.9. The van der Waals surface area contributed by atoms with Crippen LogP contribution in [0.3, 0.4) is 0 Å². The van der Waals surface area contributed by atoms with E-state index in [1.807, 2.05) is 0 Å². The Bertz CT molecular complexity index is 857. The first-order valence-electron chi connectivity index (χ1n) is 11.5. The molecule has 8 heteroatoms. The highest BCUT2D eigenvalue weighted by Gasteiger charge is 2.07. The van der Waals surface area contributed by atoms with Crippen molar-refractivity contribution in [1.82, 2.24) is 4.98 Å². The summed E-state index contributed by atoms with van der Waals surface area (Å²) in [5, 5.41) is 20.2. The summed E-state index contributed by atoms with van der Waals surface area (Å²) in [5.74, 6) is 0.403. The maximum Gasteiger partial charge on any atom is 0.412 e. The van der Waals surface area contributed by atoms with Crippen LogP contribution < -0.4 is 11.1 Å². The molecule has 4 N–H and O–H groups in total. The van der Waals surface area contributed by atoms with Crippen molar-refractivity contribution in [3.63, 3.8) is 0 Å². The molecule has 1 heterocycles. The Kier molecular flexibility index (Phi) is 11.6. The lowest BCUT2D eigenvalue weighted by Gasteiger charge is -2.07. The number of nitrogens with one attached hydrogen (secondary N) is 1. The van der Waals surface area contributed by atoms with Crippen molar-refractivity contribution in [1.29, 1.82) is 0 Å². The summed E-state index contributed by atoms with van der Waals surface area (Å²) in [6.07, 6.45) is 11.7. The molecule has 0 unspecified atom stereocenters. The molecule has 0 bridgehead atoms. The fraction of sp³-hybridized carbons (Fsp3) is 0.500. The molecule has 0 fully saturated rings. The first-order chi connectivity index (χ1) is 15.6. The minimum atomic E-state index is -0.559. The highest BCUT2D eigenvalue weighted by atomic mass is 16.5. The van der Waals surface area contributed by atoms with Gasteiger partial charge in [0.15, 0.2) is 5.82 Å². The number of anilines is 2. The van der Waals surface area contributed by atoms with Gasteiger partial charge >= 0.3 is 6.09 Å². The zero-order chi connectivity index (χ0) is 23.0. The molecule has 1 aromatic carbocycles. The average Bonchev–Trinajstić information content (AvgIpc) is 2.78. The molecule has 2 rings (SSSR count). The van der Waals surface area contributed by atoms with Gasteiger partial charge in [-0.15, -0.1) is 10.2 Å². The van der Waals surface area contributed by atoms with E-state index in [0.717, 1.165) is 12.8 Å². The highest BCUT2D eigenvalue weighted by Crippen LogP contribution is 2.29. The monoisotopic (exact) mass is 441 g/mol. The number of nitrogens with two attached hydrogens (primary N) is 1. The lowest BCUT2D eigenvalue weighted by atomic mass is 10.1. The van der Waals surface area contributed by atoms with Crippen LogP contribution >= 0.6 is 0 Å². The molecule has 0 aliphatic rings. The molecular formula is C24H35N5O3. The normalized spacial score (nSPS) is 11.0. The summed E-state index contributed by atoms with van der Waals surface area (Å²) in [7, 11) is 0. The third-order valence-corrected chi connectivity index (χ3v) is 5.01. The standard InChI is InChI=1S/C24H35N5O3/c1-2-3-4-5-6-7-8-9-10-13-18-32-24(31)27-22-17-16-20(23(25)26-22)29-28-19-14-11-12-15-21(19)30/h11-12,14-17,30H,2-10,13,18H2,1H3,(H3,25,26,27,31)/b29-28+. The number of aromatic nitrogens is 1. The number of unbranched alkanes of at least 4 members (excludes halogenated alkanes) is 9. The van der Waals surface area contributed by atoms with Crippen molar-refractivity contribution in [2.24, 2.45) is 10.2 Å². The Morgan fingerprint density at radius 1 is 0.938 bits per heavy atom. The van der Waals surface area contributed by atoms with Gasteiger partial charge < -0.3 is 15.6 Å².